The molecule has 0 atom stereocenters. The van der Waals surface area contributed by atoms with Crippen molar-refractivity contribution in [2.75, 3.05) is 4.90 Å². The fourth-order valence-corrected chi connectivity index (χ4v) is 8.91. The largest absolute Gasteiger partial charge is 0.461 e. The van der Waals surface area contributed by atoms with Crippen LogP contribution in [0.15, 0.2) is 253 Å². The van der Waals surface area contributed by atoms with Crippen LogP contribution in [0.25, 0.3) is 55.5 Å². The summed E-state index contributed by atoms with van der Waals surface area (Å²) in [6.07, 6.45) is 12.3. The topological polar surface area (TPSA) is 25.6 Å². The Hall–Kier alpha value is -8.14. The predicted octanol–water partition coefficient (Wildman–Crippen LogP) is 16.9. The molecule has 0 spiro atoms. The van der Waals surface area contributed by atoms with Gasteiger partial charge in [0.05, 0.1) is 0 Å². The molecule has 9 aromatic rings. The maximum Gasteiger partial charge on any atom is 0.142 e. The predicted molar refractivity (Wildman–Crippen MR) is 272 cm³/mol. The Bertz CT molecular complexity index is 3080. The number of fused-ring (bicyclic) bond motifs is 2. The summed E-state index contributed by atoms with van der Waals surface area (Å²) >= 11 is 0. The van der Waals surface area contributed by atoms with Crippen LogP contribution in [0, 0.1) is 0 Å². The van der Waals surface area contributed by atoms with E-state index in [4.69, 9.17) is 9.15 Å². The Balaban J connectivity index is 0.982. The van der Waals surface area contributed by atoms with Crippen LogP contribution in [0.1, 0.15) is 23.8 Å². The lowest BCUT2D eigenvalue weighted by Gasteiger charge is -2.26. The molecule has 1 aliphatic rings. The zero-order valence-corrected chi connectivity index (χ0v) is 36.5. The van der Waals surface area contributed by atoms with Gasteiger partial charge in [0, 0.05) is 52.0 Å². The third-order valence-corrected chi connectivity index (χ3v) is 12.3. The second-order valence-corrected chi connectivity index (χ2v) is 16.4. The molecule has 0 saturated carbocycles. The van der Waals surface area contributed by atoms with Gasteiger partial charge in [-0.25, -0.2) is 0 Å². The van der Waals surface area contributed by atoms with Crippen molar-refractivity contribution in [2.45, 2.75) is 26.2 Å². The van der Waals surface area contributed by atoms with Crippen molar-refractivity contribution < 1.29 is 9.15 Å². The number of rotatable bonds is 13. The standard InChI is InChI=1S/C62H49NO2/c1-3-5-17-52(60-42-51-22-13-14-28-59(51)64-60)43-61-57(25-6-4-2)58-27-16-26-56(62(58)65-61)50-24-15-23-49(41-50)48-33-39-55(40-34-48)63(53-35-29-46(30-36-53)44-18-9-7-10-19-44)54-37-31-47(32-38-54)45-20-11-8-12-21-45/h3-24,26-41H,1,25,42-43H2,2H3/b6-4-,17-5-,60-52-. The molecule has 0 unspecified atom stereocenters. The van der Waals surface area contributed by atoms with Gasteiger partial charge < -0.3 is 14.1 Å². The monoisotopic (exact) mass is 839 g/mol. The minimum Gasteiger partial charge on any atom is -0.461 e. The maximum absolute atomic E-state index is 6.98. The number of ether oxygens (including phenoxy) is 1. The van der Waals surface area contributed by atoms with Crippen molar-refractivity contribution in [2.24, 2.45) is 0 Å². The molecular formula is C62H49NO2. The molecule has 1 aromatic heterocycles. The first-order valence-electron chi connectivity index (χ1n) is 22.4. The van der Waals surface area contributed by atoms with Crippen molar-refractivity contribution in [1.82, 2.24) is 0 Å². The molecule has 314 valence electrons. The zero-order valence-electron chi connectivity index (χ0n) is 36.5. The van der Waals surface area contributed by atoms with Gasteiger partial charge in [-0.05, 0) is 106 Å². The van der Waals surface area contributed by atoms with E-state index in [1.54, 1.807) is 0 Å². The van der Waals surface area contributed by atoms with E-state index >= 15 is 0 Å². The van der Waals surface area contributed by atoms with E-state index in [9.17, 15) is 0 Å². The van der Waals surface area contributed by atoms with Crippen molar-refractivity contribution in [3.8, 4) is 50.3 Å². The molecule has 10 rings (SSSR count). The summed E-state index contributed by atoms with van der Waals surface area (Å²) < 4.78 is 13.4. The molecule has 8 aromatic carbocycles. The molecule has 3 heteroatoms. The molecule has 65 heavy (non-hydrogen) atoms. The summed E-state index contributed by atoms with van der Waals surface area (Å²) in [5, 5.41) is 1.13. The number of para-hydroxylation sites is 2. The second-order valence-electron chi connectivity index (χ2n) is 16.4. The SMILES string of the molecule is C=C/C=C\C(Cc1oc2c(-c3cccc(-c4ccc(N(c5ccc(-c6ccccc6)cc5)c5ccc(-c6ccccc6)cc5)cc4)c3)cccc2c1C/C=C\C)=C1/Cc2ccccc2O1. The highest BCUT2D eigenvalue weighted by Crippen LogP contribution is 2.41. The molecule has 3 nitrogen and oxygen atoms in total. The number of anilines is 3. The van der Waals surface area contributed by atoms with Gasteiger partial charge in [-0.3, -0.25) is 0 Å². The first kappa shape index (κ1) is 40.9. The van der Waals surface area contributed by atoms with Gasteiger partial charge in [-0.15, -0.1) is 0 Å². The molecule has 0 bridgehead atoms. The molecule has 2 heterocycles. The Morgan fingerprint density at radius 3 is 1.71 bits per heavy atom. The minimum atomic E-state index is 0.604. The van der Waals surface area contributed by atoms with E-state index in [-0.39, 0.29) is 0 Å². The van der Waals surface area contributed by atoms with E-state index in [1.165, 1.54) is 33.4 Å². The molecule has 1 aliphatic heterocycles. The Morgan fingerprint density at radius 1 is 0.569 bits per heavy atom. The molecule has 0 radical (unpaired) electrons. The van der Waals surface area contributed by atoms with Crippen molar-refractivity contribution in [1.29, 1.82) is 0 Å². The summed E-state index contributed by atoms with van der Waals surface area (Å²) in [6.45, 7) is 6.02. The number of hydrogen-bond donors (Lipinski definition) is 0. The summed E-state index contributed by atoms with van der Waals surface area (Å²) in [4.78, 5) is 2.33. The van der Waals surface area contributed by atoms with Crippen LogP contribution in [-0.4, -0.2) is 0 Å². The highest BCUT2D eigenvalue weighted by atomic mass is 16.5. The highest BCUT2D eigenvalue weighted by molar-refractivity contribution is 5.96. The molecule has 0 saturated heterocycles. The minimum absolute atomic E-state index is 0.604. The average molecular weight is 840 g/mol. The van der Waals surface area contributed by atoms with E-state index in [0.29, 0.717) is 6.42 Å². The number of nitrogens with zero attached hydrogens (tertiary/aromatic N) is 1. The molecule has 0 amide bonds. The number of allylic oxidation sites excluding steroid dienone is 7. The summed E-state index contributed by atoms with van der Waals surface area (Å²) in [7, 11) is 0. The van der Waals surface area contributed by atoms with Crippen LogP contribution < -0.4 is 9.64 Å². The van der Waals surface area contributed by atoms with Crippen LogP contribution in [0.3, 0.4) is 0 Å². The number of furan rings is 1. The lowest BCUT2D eigenvalue weighted by Crippen LogP contribution is -2.09. The normalized spacial score (nSPS) is 13.0. The number of hydrogen-bond acceptors (Lipinski definition) is 3. The summed E-state index contributed by atoms with van der Waals surface area (Å²) in [5.74, 6) is 2.82. The van der Waals surface area contributed by atoms with Gasteiger partial charge in [-0.1, -0.05) is 189 Å². The quantitative estimate of drug-likeness (QED) is 0.0854. The molecule has 0 fully saturated rings. The first-order chi connectivity index (χ1) is 32.1. The van der Waals surface area contributed by atoms with Crippen molar-refractivity contribution >= 4 is 28.0 Å². The van der Waals surface area contributed by atoms with Crippen LogP contribution in [0.4, 0.5) is 17.1 Å². The van der Waals surface area contributed by atoms with E-state index in [2.05, 4.69) is 225 Å². The van der Waals surface area contributed by atoms with Gasteiger partial charge in [-0.2, -0.15) is 0 Å². The highest BCUT2D eigenvalue weighted by Gasteiger charge is 2.23. The molecular weight excluding hydrogens is 791 g/mol. The smallest absolute Gasteiger partial charge is 0.142 e. The van der Waals surface area contributed by atoms with E-state index in [1.807, 2.05) is 24.3 Å². The summed E-state index contributed by atoms with van der Waals surface area (Å²) in [6, 6.07) is 71.3. The maximum atomic E-state index is 6.98. The summed E-state index contributed by atoms with van der Waals surface area (Å²) in [5.41, 5.74) is 16.9. The van der Waals surface area contributed by atoms with Crippen LogP contribution in [-0.2, 0) is 19.3 Å². The van der Waals surface area contributed by atoms with Gasteiger partial charge in [0.1, 0.15) is 22.9 Å². The zero-order chi connectivity index (χ0) is 44.0. The Morgan fingerprint density at radius 2 is 1.11 bits per heavy atom. The van der Waals surface area contributed by atoms with Crippen LogP contribution in [0.5, 0.6) is 5.75 Å². The van der Waals surface area contributed by atoms with Gasteiger partial charge in [0.15, 0.2) is 0 Å². The molecule has 0 N–H and O–H groups in total. The van der Waals surface area contributed by atoms with Crippen LogP contribution >= 0.6 is 0 Å². The van der Waals surface area contributed by atoms with Crippen molar-refractivity contribution in [3.63, 3.8) is 0 Å². The fraction of sp³-hybridized carbons (Fsp3) is 0.0645. The van der Waals surface area contributed by atoms with Gasteiger partial charge in [0.25, 0.3) is 0 Å². The van der Waals surface area contributed by atoms with Crippen molar-refractivity contribution in [3.05, 3.63) is 265 Å². The van der Waals surface area contributed by atoms with Crippen LogP contribution in [0.2, 0.25) is 0 Å². The van der Waals surface area contributed by atoms with E-state index in [0.717, 1.165) is 86.0 Å². The number of benzene rings is 8. The van der Waals surface area contributed by atoms with Gasteiger partial charge in [0.2, 0.25) is 0 Å². The first-order valence-corrected chi connectivity index (χ1v) is 22.4. The Labute approximate surface area is 382 Å². The third kappa shape index (κ3) is 8.65. The fourth-order valence-electron chi connectivity index (χ4n) is 8.91. The second kappa shape index (κ2) is 18.7. The van der Waals surface area contributed by atoms with Gasteiger partial charge >= 0.3 is 0 Å². The third-order valence-electron chi connectivity index (χ3n) is 12.3. The lowest BCUT2D eigenvalue weighted by molar-refractivity contribution is 0.437. The Kier molecular flexibility index (Phi) is 11.8. The average Bonchev–Trinajstić information content (AvgIpc) is 3.97. The molecule has 0 aliphatic carbocycles. The lowest BCUT2D eigenvalue weighted by atomic mass is 9.96. The van der Waals surface area contributed by atoms with E-state index < -0.39 is 0 Å².